The van der Waals surface area contributed by atoms with E-state index in [4.69, 9.17) is 26.2 Å². The van der Waals surface area contributed by atoms with E-state index in [9.17, 15) is 13.2 Å². The fourth-order valence-corrected chi connectivity index (χ4v) is 4.57. The Bertz CT molecular complexity index is 986. The number of hydrogen-bond acceptors (Lipinski definition) is 5. The minimum Gasteiger partial charge on any atom is -0.481 e. The van der Waals surface area contributed by atoms with E-state index in [1.165, 1.54) is 4.31 Å². The van der Waals surface area contributed by atoms with Crippen LogP contribution in [0.15, 0.2) is 41.3 Å². The summed E-state index contributed by atoms with van der Waals surface area (Å²) in [4.78, 5) is 11.0. The molecular formula is C19H20ClNO6S. The summed E-state index contributed by atoms with van der Waals surface area (Å²) in [6.45, 7) is 2.64. The van der Waals surface area contributed by atoms with Crippen molar-refractivity contribution in [2.45, 2.75) is 11.8 Å². The van der Waals surface area contributed by atoms with Gasteiger partial charge in [0.2, 0.25) is 10.0 Å². The van der Waals surface area contributed by atoms with Crippen LogP contribution in [0.4, 0.5) is 0 Å². The number of halogens is 1. The normalized spacial score (nSPS) is 15.4. The van der Waals surface area contributed by atoms with E-state index < -0.39 is 22.6 Å². The SMILES string of the molecule is Cc1ccc(S(=O)(=O)N2CCOCC2)cc1-c1cc(Cl)ccc1OCC(=O)O. The molecule has 7 nitrogen and oxygen atoms in total. The Kier molecular flexibility index (Phi) is 6.24. The first-order chi connectivity index (χ1) is 13.3. The summed E-state index contributed by atoms with van der Waals surface area (Å²) in [6, 6.07) is 9.64. The number of sulfonamides is 1. The number of rotatable bonds is 6. The number of ether oxygens (including phenoxy) is 2. The third-order valence-corrected chi connectivity index (χ3v) is 6.53. The topological polar surface area (TPSA) is 93.1 Å². The molecule has 0 radical (unpaired) electrons. The molecule has 0 saturated carbocycles. The van der Waals surface area contributed by atoms with Crippen LogP contribution in [0.2, 0.25) is 5.02 Å². The van der Waals surface area contributed by atoms with E-state index in [-0.39, 0.29) is 4.90 Å². The van der Waals surface area contributed by atoms with Gasteiger partial charge in [0.25, 0.3) is 0 Å². The molecule has 1 N–H and O–H groups in total. The van der Waals surface area contributed by atoms with Gasteiger partial charge in [-0.25, -0.2) is 13.2 Å². The maximum Gasteiger partial charge on any atom is 0.341 e. The molecule has 1 fully saturated rings. The van der Waals surface area contributed by atoms with Crippen LogP contribution in [0.5, 0.6) is 5.75 Å². The zero-order valence-corrected chi connectivity index (χ0v) is 16.8. The molecule has 9 heteroatoms. The lowest BCUT2D eigenvalue weighted by molar-refractivity contribution is -0.139. The van der Waals surface area contributed by atoms with E-state index in [0.29, 0.717) is 48.2 Å². The number of carboxylic acids is 1. The molecule has 28 heavy (non-hydrogen) atoms. The summed E-state index contributed by atoms with van der Waals surface area (Å²) >= 11 is 6.12. The van der Waals surface area contributed by atoms with Gasteiger partial charge < -0.3 is 14.6 Å². The quantitative estimate of drug-likeness (QED) is 0.764. The summed E-state index contributed by atoms with van der Waals surface area (Å²) in [5, 5.41) is 9.32. The summed E-state index contributed by atoms with van der Waals surface area (Å²) in [5.74, 6) is -0.794. The number of nitrogens with zero attached hydrogens (tertiary/aromatic N) is 1. The van der Waals surface area contributed by atoms with Crippen molar-refractivity contribution >= 4 is 27.6 Å². The maximum absolute atomic E-state index is 13.0. The second-order valence-corrected chi connectivity index (χ2v) is 8.69. The molecule has 0 spiro atoms. The number of benzene rings is 2. The Morgan fingerprint density at radius 2 is 1.89 bits per heavy atom. The third-order valence-electron chi connectivity index (χ3n) is 4.40. The lowest BCUT2D eigenvalue weighted by atomic mass is 10.00. The van der Waals surface area contributed by atoms with E-state index >= 15 is 0 Å². The van der Waals surface area contributed by atoms with Gasteiger partial charge in [-0.1, -0.05) is 17.7 Å². The second-order valence-electron chi connectivity index (χ2n) is 6.32. The number of morpholine rings is 1. The van der Waals surface area contributed by atoms with Gasteiger partial charge in [-0.15, -0.1) is 0 Å². The van der Waals surface area contributed by atoms with Crippen LogP contribution in [-0.4, -0.2) is 56.7 Å². The average molecular weight is 426 g/mol. The molecule has 0 amide bonds. The van der Waals surface area contributed by atoms with Crippen LogP contribution < -0.4 is 4.74 Å². The van der Waals surface area contributed by atoms with Gasteiger partial charge in [-0.2, -0.15) is 4.31 Å². The molecule has 0 aromatic heterocycles. The zero-order chi connectivity index (χ0) is 20.3. The number of aliphatic carboxylic acids is 1. The first-order valence-corrected chi connectivity index (χ1v) is 10.4. The van der Waals surface area contributed by atoms with Crippen molar-refractivity contribution in [1.29, 1.82) is 0 Å². The molecule has 2 aromatic carbocycles. The van der Waals surface area contributed by atoms with Crippen molar-refractivity contribution in [2.75, 3.05) is 32.9 Å². The molecule has 1 aliphatic heterocycles. The smallest absolute Gasteiger partial charge is 0.341 e. The molecule has 0 aliphatic carbocycles. The fourth-order valence-electron chi connectivity index (χ4n) is 2.97. The molecular weight excluding hydrogens is 406 g/mol. The van der Waals surface area contributed by atoms with Crippen LogP contribution in [0.25, 0.3) is 11.1 Å². The van der Waals surface area contributed by atoms with E-state index in [1.54, 1.807) is 36.4 Å². The summed E-state index contributed by atoms with van der Waals surface area (Å²) in [5.41, 5.74) is 1.95. The van der Waals surface area contributed by atoms with Gasteiger partial charge in [0, 0.05) is 23.7 Å². The van der Waals surface area contributed by atoms with E-state index in [1.807, 2.05) is 6.92 Å². The lowest BCUT2D eigenvalue weighted by Gasteiger charge is -2.26. The fraction of sp³-hybridized carbons (Fsp3) is 0.316. The minimum atomic E-state index is -3.67. The van der Waals surface area contributed by atoms with Crippen molar-refractivity contribution in [1.82, 2.24) is 4.31 Å². The summed E-state index contributed by atoms with van der Waals surface area (Å²) in [6.07, 6.45) is 0. The Morgan fingerprint density at radius 1 is 1.18 bits per heavy atom. The molecule has 0 atom stereocenters. The molecule has 1 aliphatic rings. The molecule has 0 bridgehead atoms. The van der Waals surface area contributed by atoms with Crippen molar-refractivity contribution in [3.63, 3.8) is 0 Å². The minimum absolute atomic E-state index is 0.152. The molecule has 150 valence electrons. The number of carbonyl (C=O) groups is 1. The van der Waals surface area contributed by atoms with E-state index in [0.717, 1.165) is 5.56 Å². The largest absolute Gasteiger partial charge is 0.481 e. The molecule has 1 saturated heterocycles. The van der Waals surface area contributed by atoms with E-state index in [2.05, 4.69) is 0 Å². The average Bonchev–Trinajstić information content (AvgIpc) is 2.68. The van der Waals surface area contributed by atoms with Crippen LogP contribution in [0, 0.1) is 6.92 Å². The number of hydrogen-bond donors (Lipinski definition) is 1. The van der Waals surface area contributed by atoms with Gasteiger partial charge in [-0.05, 0) is 48.4 Å². The van der Waals surface area contributed by atoms with Crippen LogP contribution >= 0.6 is 11.6 Å². The predicted molar refractivity (Wildman–Crippen MR) is 104 cm³/mol. The first-order valence-electron chi connectivity index (χ1n) is 8.62. The van der Waals surface area contributed by atoms with Gasteiger partial charge in [0.05, 0.1) is 18.1 Å². The summed E-state index contributed by atoms with van der Waals surface area (Å²) in [7, 11) is -3.67. The molecule has 3 rings (SSSR count). The Morgan fingerprint density at radius 3 is 2.57 bits per heavy atom. The number of aryl methyl sites for hydroxylation is 1. The number of carboxylic acid groups (broad SMARTS) is 1. The highest BCUT2D eigenvalue weighted by atomic mass is 35.5. The standard InChI is InChI=1S/C19H20ClNO6S/c1-13-2-4-15(28(24,25)21-6-8-26-9-7-21)11-16(13)17-10-14(20)3-5-18(17)27-12-19(22)23/h2-5,10-11H,6-9,12H2,1H3,(H,22,23). The molecule has 1 heterocycles. The molecule has 0 unspecified atom stereocenters. The predicted octanol–water partition coefficient (Wildman–Crippen LogP) is 2.80. The highest BCUT2D eigenvalue weighted by molar-refractivity contribution is 7.89. The highest BCUT2D eigenvalue weighted by Gasteiger charge is 2.27. The zero-order valence-electron chi connectivity index (χ0n) is 15.2. The Hall–Kier alpha value is -2.13. The van der Waals surface area contributed by atoms with Gasteiger partial charge in [0.1, 0.15) is 5.75 Å². The monoisotopic (exact) mass is 425 g/mol. The van der Waals surface area contributed by atoms with Crippen LogP contribution in [0.1, 0.15) is 5.56 Å². The first kappa shape index (κ1) is 20.6. The summed E-state index contributed by atoms with van der Waals surface area (Å²) < 4.78 is 38.0. The highest BCUT2D eigenvalue weighted by Crippen LogP contribution is 2.36. The third kappa shape index (κ3) is 4.47. The van der Waals surface area contributed by atoms with Crippen LogP contribution in [0.3, 0.4) is 0 Å². The Labute approximate surface area is 168 Å². The maximum atomic E-state index is 13.0. The van der Waals surface area contributed by atoms with Crippen molar-refractivity contribution in [2.24, 2.45) is 0 Å². The van der Waals surface area contributed by atoms with Crippen molar-refractivity contribution in [3.8, 4) is 16.9 Å². The van der Waals surface area contributed by atoms with Crippen molar-refractivity contribution in [3.05, 3.63) is 47.0 Å². The lowest BCUT2D eigenvalue weighted by Crippen LogP contribution is -2.40. The van der Waals surface area contributed by atoms with Gasteiger partial charge in [-0.3, -0.25) is 0 Å². The second kappa shape index (κ2) is 8.48. The van der Waals surface area contributed by atoms with Gasteiger partial charge >= 0.3 is 5.97 Å². The van der Waals surface area contributed by atoms with Crippen molar-refractivity contribution < 1.29 is 27.8 Å². The Balaban J connectivity index is 2.05. The van der Waals surface area contributed by atoms with Crippen LogP contribution in [-0.2, 0) is 19.6 Å². The van der Waals surface area contributed by atoms with Gasteiger partial charge in [0.15, 0.2) is 6.61 Å². The molecule has 2 aromatic rings.